The number of nitrogens with one attached hydrogen (secondary N) is 1. The fourth-order valence-electron chi connectivity index (χ4n) is 1.47. The summed E-state index contributed by atoms with van der Waals surface area (Å²) in [6.45, 7) is 7.87. The highest BCUT2D eigenvalue weighted by Crippen LogP contribution is 2.21. The van der Waals surface area contributed by atoms with Crippen molar-refractivity contribution in [2.45, 2.75) is 39.3 Å². The molecule has 0 bridgehead atoms. The van der Waals surface area contributed by atoms with Crippen molar-refractivity contribution in [1.82, 2.24) is 5.32 Å². The molecule has 1 aromatic carbocycles. The van der Waals surface area contributed by atoms with Crippen molar-refractivity contribution in [3.63, 3.8) is 0 Å². The number of carbonyl (C=O) groups is 1. The Labute approximate surface area is 102 Å². The number of primary amides is 1. The highest BCUT2D eigenvalue weighted by Gasteiger charge is 2.12. The smallest absolute Gasteiger partial charge is 0.312 e. The van der Waals surface area contributed by atoms with Crippen LogP contribution in [0.15, 0.2) is 24.3 Å². The van der Waals surface area contributed by atoms with Gasteiger partial charge in [0.2, 0.25) is 0 Å². The summed E-state index contributed by atoms with van der Waals surface area (Å²) in [5.41, 5.74) is 5.85. The van der Waals surface area contributed by atoms with E-state index in [1.807, 2.05) is 52.0 Å². The van der Waals surface area contributed by atoms with E-state index in [-0.39, 0.29) is 11.6 Å². The van der Waals surface area contributed by atoms with Crippen LogP contribution in [0.4, 0.5) is 4.79 Å². The Kier molecular flexibility index (Phi) is 3.99. The van der Waals surface area contributed by atoms with Crippen molar-refractivity contribution < 1.29 is 9.53 Å². The molecule has 0 saturated heterocycles. The molecule has 1 aromatic rings. The maximum Gasteiger partial charge on any atom is 0.312 e. The minimum absolute atomic E-state index is 0.101. The molecule has 3 N–H and O–H groups in total. The van der Waals surface area contributed by atoms with Crippen LogP contribution in [-0.2, 0) is 0 Å². The third-order valence-electron chi connectivity index (χ3n) is 2.16. The van der Waals surface area contributed by atoms with Crippen LogP contribution < -0.4 is 15.8 Å². The SMILES string of the molecule is CC(NC(N)=O)c1ccc(OC(C)(C)C)cc1. The first-order chi connectivity index (χ1) is 7.78. The van der Waals surface area contributed by atoms with E-state index in [0.717, 1.165) is 11.3 Å². The summed E-state index contributed by atoms with van der Waals surface area (Å²) < 4.78 is 5.71. The normalized spacial score (nSPS) is 12.9. The lowest BCUT2D eigenvalue weighted by molar-refractivity contribution is 0.131. The zero-order valence-electron chi connectivity index (χ0n) is 10.8. The van der Waals surface area contributed by atoms with Gasteiger partial charge >= 0.3 is 6.03 Å². The lowest BCUT2D eigenvalue weighted by Crippen LogP contribution is -2.31. The van der Waals surface area contributed by atoms with Crippen molar-refractivity contribution >= 4 is 6.03 Å². The molecule has 0 aromatic heterocycles. The van der Waals surface area contributed by atoms with Gasteiger partial charge in [0.15, 0.2) is 0 Å². The van der Waals surface area contributed by atoms with E-state index >= 15 is 0 Å². The fraction of sp³-hybridized carbons (Fsp3) is 0.462. The first kappa shape index (κ1) is 13.4. The average Bonchev–Trinajstić information content (AvgIpc) is 2.15. The Morgan fingerprint density at radius 1 is 1.29 bits per heavy atom. The van der Waals surface area contributed by atoms with Gasteiger partial charge in [-0.3, -0.25) is 0 Å². The van der Waals surface area contributed by atoms with Crippen molar-refractivity contribution in [2.24, 2.45) is 5.73 Å². The van der Waals surface area contributed by atoms with Gasteiger partial charge in [-0.1, -0.05) is 12.1 Å². The molecule has 1 rings (SSSR count). The third-order valence-corrected chi connectivity index (χ3v) is 2.16. The van der Waals surface area contributed by atoms with E-state index in [0.29, 0.717) is 0 Å². The van der Waals surface area contributed by atoms with Crippen LogP contribution in [0.25, 0.3) is 0 Å². The summed E-state index contributed by atoms with van der Waals surface area (Å²) in [4.78, 5) is 10.7. The Morgan fingerprint density at radius 2 is 1.82 bits per heavy atom. The largest absolute Gasteiger partial charge is 0.488 e. The molecule has 0 radical (unpaired) electrons. The second-order valence-electron chi connectivity index (χ2n) is 5.01. The van der Waals surface area contributed by atoms with Crippen molar-refractivity contribution in [2.75, 3.05) is 0 Å². The predicted octanol–water partition coefficient (Wildman–Crippen LogP) is 2.59. The van der Waals surface area contributed by atoms with E-state index in [9.17, 15) is 4.79 Å². The minimum Gasteiger partial charge on any atom is -0.488 e. The molecule has 0 spiro atoms. The summed E-state index contributed by atoms with van der Waals surface area (Å²) in [7, 11) is 0. The second-order valence-corrected chi connectivity index (χ2v) is 5.01. The van der Waals surface area contributed by atoms with Gasteiger partial charge in [0.1, 0.15) is 11.4 Å². The van der Waals surface area contributed by atoms with E-state index in [4.69, 9.17) is 10.5 Å². The maximum atomic E-state index is 10.7. The van der Waals surface area contributed by atoms with E-state index in [2.05, 4.69) is 5.32 Å². The standard InChI is InChI=1S/C13H20N2O2/c1-9(15-12(14)16)10-5-7-11(8-6-10)17-13(2,3)4/h5-9H,1-4H3,(H3,14,15,16). The van der Waals surface area contributed by atoms with Crippen LogP contribution in [0.5, 0.6) is 5.75 Å². The summed E-state index contributed by atoms with van der Waals surface area (Å²) in [5, 5.41) is 2.62. The molecule has 1 atom stereocenters. The molecule has 0 saturated carbocycles. The van der Waals surface area contributed by atoms with Crippen molar-refractivity contribution in [3.8, 4) is 5.75 Å². The Hall–Kier alpha value is -1.71. The highest BCUT2D eigenvalue weighted by atomic mass is 16.5. The molecule has 0 aliphatic heterocycles. The molecule has 4 nitrogen and oxygen atoms in total. The van der Waals surface area contributed by atoms with Gasteiger partial charge in [-0.05, 0) is 45.4 Å². The predicted molar refractivity (Wildman–Crippen MR) is 68.0 cm³/mol. The monoisotopic (exact) mass is 236 g/mol. The van der Waals surface area contributed by atoms with E-state index < -0.39 is 6.03 Å². The molecule has 2 amide bonds. The summed E-state index contributed by atoms with van der Waals surface area (Å²) >= 11 is 0. The van der Waals surface area contributed by atoms with E-state index in [1.54, 1.807) is 0 Å². The van der Waals surface area contributed by atoms with Gasteiger partial charge in [0, 0.05) is 0 Å². The quantitative estimate of drug-likeness (QED) is 0.847. The number of hydrogen-bond donors (Lipinski definition) is 2. The molecule has 0 fully saturated rings. The van der Waals surface area contributed by atoms with E-state index in [1.165, 1.54) is 0 Å². The number of nitrogens with two attached hydrogens (primary N) is 1. The summed E-state index contributed by atoms with van der Waals surface area (Å²) in [6.07, 6.45) is 0. The lowest BCUT2D eigenvalue weighted by atomic mass is 10.1. The second kappa shape index (κ2) is 5.08. The van der Waals surface area contributed by atoms with Gasteiger partial charge in [-0.15, -0.1) is 0 Å². The summed E-state index contributed by atoms with van der Waals surface area (Å²) in [6, 6.07) is 6.99. The summed E-state index contributed by atoms with van der Waals surface area (Å²) in [5.74, 6) is 0.813. The first-order valence-electron chi connectivity index (χ1n) is 5.63. The topological polar surface area (TPSA) is 64.3 Å². The van der Waals surface area contributed by atoms with Crippen molar-refractivity contribution in [3.05, 3.63) is 29.8 Å². The van der Waals surface area contributed by atoms with Crippen LogP contribution >= 0.6 is 0 Å². The Balaban J connectivity index is 2.71. The van der Waals surface area contributed by atoms with Gasteiger partial charge in [-0.2, -0.15) is 0 Å². The molecule has 4 heteroatoms. The molecule has 17 heavy (non-hydrogen) atoms. The van der Waals surface area contributed by atoms with Crippen molar-refractivity contribution in [1.29, 1.82) is 0 Å². The van der Waals surface area contributed by atoms with Crippen LogP contribution in [0.2, 0.25) is 0 Å². The fourth-order valence-corrected chi connectivity index (χ4v) is 1.47. The Bertz CT molecular complexity index is 379. The van der Waals surface area contributed by atoms with Gasteiger partial charge in [0.05, 0.1) is 6.04 Å². The number of carbonyl (C=O) groups excluding carboxylic acids is 1. The van der Waals surface area contributed by atoms with Gasteiger partial charge in [-0.25, -0.2) is 4.79 Å². The van der Waals surface area contributed by atoms with Crippen LogP contribution in [0.1, 0.15) is 39.3 Å². The van der Waals surface area contributed by atoms with Crippen LogP contribution in [0.3, 0.4) is 0 Å². The zero-order chi connectivity index (χ0) is 13.1. The average molecular weight is 236 g/mol. The molecular weight excluding hydrogens is 216 g/mol. The number of urea groups is 1. The number of benzene rings is 1. The molecule has 94 valence electrons. The third kappa shape index (κ3) is 4.76. The number of ether oxygens (including phenoxy) is 1. The minimum atomic E-state index is -0.521. The first-order valence-corrected chi connectivity index (χ1v) is 5.63. The Morgan fingerprint density at radius 3 is 2.24 bits per heavy atom. The zero-order valence-corrected chi connectivity index (χ0v) is 10.8. The number of hydrogen-bond acceptors (Lipinski definition) is 2. The van der Waals surface area contributed by atoms with Crippen LogP contribution in [-0.4, -0.2) is 11.6 Å². The number of rotatable bonds is 3. The van der Waals surface area contributed by atoms with Gasteiger partial charge in [0.25, 0.3) is 0 Å². The van der Waals surface area contributed by atoms with Crippen LogP contribution in [0, 0.1) is 0 Å². The molecule has 0 heterocycles. The molecule has 0 aliphatic rings. The highest BCUT2D eigenvalue weighted by molar-refractivity contribution is 5.72. The number of amides is 2. The molecule has 1 unspecified atom stereocenters. The maximum absolute atomic E-state index is 10.7. The molecule has 0 aliphatic carbocycles. The van der Waals surface area contributed by atoms with Gasteiger partial charge < -0.3 is 15.8 Å². The lowest BCUT2D eigenvalue weighted by Gasteiger charge is -2.21. The molecular formula is C13H20N2O2.